The van der Waals surface area contributed by atoms with E-state index in [0.717, 1.165) is 24.5 Å². The van der Waals surface area contributed by atoms with Crippen LogP contribution in [0.4, 0.5) is 17.1 Å². The van der Waals surface area contributed by atoms with Crippen LogP contribution < -0.4 is 24.6 Å². The van der Waals surface area contributed by atoms with Gasteiger partial charge >= 0.3 is 0 Å². The average molecular weight is 460 g/mol. The van der Waals surface area contributed by atoms with Crippen molar-refractivity contribution in [1.82, 2.24) is 0 Å². The molecule has 1 N–H and O–H groups in total. The first kappa shape index (κ1) is 22.2. The number of rotatable bonds is 6. The average Bonchev–Trinajstić information content (AvgIpc) is 3.21. The molecule has 0 radical (unpaired) electrons. The van der Waals surface area contributed by atoms with Crippen LogP contribution in [0, 0.1) is 5.92 Å². The second kappa shape index (κ2) is 9.67. The number of carbonyl (C=O) groups excluding carboxylic acids is 2. The Bertz CT molecular complexity index is 1010. The number of nitrogens with one attached hydrogen (secondary N) is 1. The molecule has 2 saturated heterocycles. The summed E-state index contributed by atoms with van der Waals surface area (Å²) >= 11 is 6.27. The fraction of sp³-hybridized carbons (Fsp3) is 0.391. The molecule has 4 rings (SSSR count). The van der Waals surface area contributed by atoms with Gasteiger partial charge in [0, 0.05) is 32.1 Å². The van der Waals surface area contributed by atoms with E-state index < -0.39 is 5.92 Å². The van der Waals surface area contributed by atoms with Gasteiger partial charge in [0.15, 0.2) is 0 Å². The molecular weight excluding hydrogens is 434 g/mol. The standard InChI is InChI=1S/C23H26ClN3O5/c1-30-20-13-21(31-2)19(12-16(20)24)27-14-15(11-22(27)28)23(29)25-17-5-3-4-6-18(17)26-7-9-32-10-8-26/h3-6,12-13,15H,7-11,14H2,1-2H3,(H,25,29)/t15-/m1/s1. The summed E-state index contributed by atoms with van der Waals surface area (Å²) in [6.07, 6.45) is 0.109. The van der Waals surface area contributed by atoms with Gasteiger partial charge in [-0.05, 0) is 18.2 Å². The van der Waals surface area contributed by atoms with Crippen molar-refractivity contribution in [2.75, 3.05) is 62.2 Å². The molecule has 2 aliphatic rings. The Labute approximate surface area is 192 Å². The fourth-order valence-corrected chi connectivity index (χ4v) is 4.30. The number of para-hydroxylation sites is 2. The molecule has 170 valence electrons. The monoisotopic (exact) mass is 459 g/mol. The van der Waals surface area contributed by atoms with E-state index in [2.05, 4.69) is 10.2 Å². The first-order valence-electron chi connectivity index (χ1n) is 10.5. The second-order valence-electron chi connectivity index (χ2n) is 7.67. The van der Waals surface area contributed by atoms with Crippen LogP contribution in [0.3, 0.4) is 0 Å². The molecule has 9 heteroatoms. The minimum atomic E-state index is -0.495. The van der Waals surface area contributed by atoms with E-state index in [9.17, 15) is 9.59 Å². The summed E-state index contributed by atoms with van der Waals surface area (Å²) in [7, 11) is 3.02. The van der Waals surface area contributed by atoms with Crippen LogP contribution in [0.15, 0.2) is 36.4 Å². The molecular formula is C23H26ClN3O5. The lowest BCUT2D eigenvalue weighted by molar-refractivity contribution is -0.122. The summed E-state index contributed by atoms with van der Waals surface area (Å²) in [6, 6.07) is 11.0. The fourth-order valence-electron chi connectivity index (χ4n) is 4.07. The van der Waals surface area contributed by atoms with E-state index in [0.29, 0.717) is 35.4 Å². The van der Waals surface area contributed by atoms with Crippen LogP contribution >= 0.6 is 11.6 Å². The summed E-state index contributed by atoms with van der Waals surface area (Å²) in [6.45, 7) is 3.08. The van der Waals surface area contributed by atoms with E-state index in [4.69, 9.17) is 25.8 Å². The molecule has 2 amide bonds. The van der Waals surface area contributed by atoms with Crippen molar-refractivity contribution in [2.24, 2.45) is 5.92 Å². The van der Waals surface area contributed by atoms with Crippen molar-refractivity contribution in [1.29, 1.82) is 0 Å². The first-order chi connectivity index (χ1) is 15.5. The van der Waals surface area contributed by atoms with Crippen LogP contribution in [0.2, 0.25) is 5.02 Å². The normalized spacial score (nSPS) is 18.6. The third-order valence-corrected chi connectivity index (χ3v) is 6.05. The van der Waals surface area contributed by atoms with Gasteiger partial charge in [0.05, 0.1) is 55.4 Å². The van der Waals surface area contributed by atoms with Crippen LogP contribution in [0.5, 0.6) is 11.5 Å². The number of halogens is 1. The SMILES string of the molecule is COc1cc(OC)c(N2C[C@H](C(=O)Nc3ccccc3N3CCOCC3)CC2=O)cc1Cl. The van der Waals surface area contributed by atoms with E-state index >= 15 is 0 Å². The number of hydrogen-bond donors (Lipinski definition) is 1. The van der Waals surface area contributed by atoms with Gasteiger partial charge in [-0.15, -0.1) is 0 Å². The molecule has 0 unspecified atom stereocenters. The molecule has 2 heterocycles. The summed E-state index contributed by atoms with van der Waals surface area (Å²) < 4.78 is 16.1. The van der Waals surface area contributed by atoms with Gasteiger partial charge in [-0.1, -0.05) is 23.7 Å². The Balaban J connectivity index is 1.51. The summed E-state index contributed by atoms with van der Waals surface area (Å²) in [5.74, 6) is 0.0587. The van der Waals surface area contributed by atoms with Crippen LogP contribution in [-0.2, 0) is 14.3 Å². The van der Waals surface area contributed by atoms with Gasteiger partial charge in [0.1, 0.15) is 11.5 Å². The number of nitrogens with zero attached hydrogens (tertiary/aromatic N) is 2. The molecule has 2 aliphatic heterocycles. The molecule has 1 atom stereocenters. The zero-order chi connectivity index (χ0) is 22.7. The van der Waals surface area contributed by atoms with Gasteiger partial charge in [0.2, 0.25) is 11.8 Å². The van der Waals surface area contributed by atoms with Crippen molar-refractivity contribution in [2.45, 2.75) is 6.42 Å². The first-order valence-corrected chi connectivity index (χ1v) is 10.8. The van der Waals surface area contributed by atoms with Crippen molar-refractivity contribution in [3.63, 3.8) is 0 Å². The minimum Gasteiger partial charge on any atom is -0.495 e. The Morgan fingerprint density at radius 1 is 1.09 bits per heavy atom. The Morgan fingerprint density at radius 2 is 1.81 bits per heavy atom. The molecule has 2 fully saturated rings. The third-order valence-electron chi connectivity index (χ3n) is 5.75. The highest BCUT2D eigenvalue weighted by atomic mass is 35.5. The number of morpholine rings is 1. The molecule has 0 aromatic heterocycles. The summed E-state index contributed by atoms with van der Waals surface area (Å²) in [5, 5.41) is 3.39. The minimum absolute atomic E-state index is 0.109. The zero-order valence-corrected chi connectivity index (χ0v) is 18.9. The number of ether oxygens (including phenoxy) is 3. The van der Waals surface area contributed by atoms with Crippen molar-refractivity contribution in [3.05, 3.63) is 41.4 Å². The molecule has 0 bridgehead atoms. The third kappa shape index (κ3) is 4.47. The highest BCUT2D eigenvalue weighted by Gasteiger charge is 2.37. The predicted molar refractivity (Wildman–Crippen MR) is 123 cm³/mol. The van der Waals surface area contributed by atoms with Crippen molar-refractivity contribution < 1.29 is 23.8 Å². The van der Waals surface area contributed by atoms with Gasteiger partial charge in [-0.25, -0.2) is 0 Å². The van der Waals surface area contributed by atoms with E-state index in [-0.39, 0.29) is 24.8 Å². The number of carbonyl (C=O) groups is 2. The lowest BCUT2D eigenvalue weighted by atomic mass is 10.1. The van der Waals surface area contributed by atoms with E-state index in [1.54, 1.807) is 17.0 Å². The Morgan fingerprint density at radius 3 is 2.53 bits per heavy atom. The molecule has 2 aromatic carbocycles. The van der Waals surface area contributed by atoms with Crippen LogP contribution in [0.1, 0.15) is 6.42 Å². The number of anilines is 3. The second-order valence-corrected chi connectivity index (χ2v) is 8.08. The van der Waals surface area contributed by atoms with Gasteiger partial charge in [-0.2, -0.15) is 0 Å². The van der Waals surface area contributed by atoms with E-state index in [1.807, 2.05) is 24.3 Å². The maximum absolute atomic E-state index is 13.1. The van der Waals surface area contributed by atoms with Gasteiger partial charge in [-0.3, -0.25) is 9.59 Å². The molecule has 32 heavy (non-hydrogen) atoms. The highest BCUT2D eigenvalue weighted by Crippen LogP contribution is 2.40. The zero-order valence-electron chi connectivity index (χ0n) is 18.1. The topological polar surface area (TPSA) is 80.3 Å². The van der Waals surface area contributed by atoms with Crippen molar-refractivity contribution in [3.8, 4) is 11.5 Å². The quantitative estimate of drug-likeness (QED) is 0.714. The number of hydrogen-bond acceptors (Lipinski definition) is 6. The van der Waals surface area contributed by atoms with Gasteiger partial charge in [0.25, 0.3) is 0 Å². The molecule has 8 nitrogen and oxygen atoms in total. The Kier molecular flexibility index (Phi) is 6.72. The maximum atomic E-state index is 13.1. The maximum Gasteiger partial charge on any atom is 0.229 e. The summed E-state index contributed by atoms with van der Waals surface area (Å²) in [4.78, 5) is 29.6. The van der Waals surface area contributed by atoms with Crippen molar-refractivity contribution >= 4 is 40.5 Å². The number of methoxy groups -OCH3 is 2. The number of amides is 2. The van der Waals surface area contributed by atoms with Crippen LogP contribution in [0.25, 0.3) is 0 Å². The molecule has 2 aromatic rings. The number of benzene rings is 2. The molecule has 0 spiro atoms. The van der Waals surface area contributed by atoms with E-state index in [1.165, 1.54) is 14.2 Å². The van der Waals surface area contributed by atoms with Gasteiger partial charge < -0.3 is 29.3 Å². The predicted octanol–water partition coefficient (Wildman–Crippen LogP) is 3.19. The Hall–Kier alpha value is -2.97. The molecule has 0 aliphatic carbocycles. The highest BCUT2D eigenvalue weighted by molar-refractivity contribution is 6.32. The van der Waals surface area contributed by atoms with Crippen LogP contribution in [-0.4, -0.2) is 58.9 Å². The largest absolute Gasteiger partial charge is 0.495 e. The molecule has 0 saturated carbocycles. The lowest BCUT2D eigenvalue weighted by Crippen LogP contribution is -2.37. The smallest absolute Gasteiger partial charge is 0.229 e. The summed E-state index contributed by atoms with van der Waals surface area (Å²) in [5.41, 5.74) is 2.21. The lowest BCUT2D eigenvalue weighted by Gasteiger charge is -2.30.